The molecule has 1 aliphatic carbocycles. The second-order valence-corrected chi connectivity index (χ2v) is 12.9. The number of methoxy groups -OCH3 is 1. The Morgan fingerprint density at radius 2 is 1.98 bits per heavy atom. The molecule has 5 rings (SSSR count). The minimum absolute atomic E-state index is 0.0103. The number of aryl methyl sites for hydroxylation is 1. The second-order valence-electron chi connectivity index (χ2n) is 11.4. The zero-order valence-corrected chi connectivity index (χ0v) is 25.7. The Bertz CT molecular complexity index is 1440. The average Bonchev–Trinajstić information content (AvgIpc) is 3.62. The number of hydrogen-bond donors (Lipinski definition) is 0. The van der Waals surface area contributed by atoms with Gasteiger partial charge < -0.3 is 18.9 Å². The van der Waals surface area contributed by atoms with Gasteiger partial charge in [-0.2, -0.15) is 0 Å². The molecule has 2 atom stereocenters. The highest BCUT2D eigenvalue weighted by atomic mass is 35.5. The predicted octanol–water partition coefficient (Wildman–Crippen LogP) is 7.30. The van der Waals surface area contributed by atoms with E-state index < -0.39 is 17.5 Å². The quantitative estimate of drug-likeness (QED) is 0.315. The molecule has 2 aromatic rings. The Morgan fingerprint density at radius 3 is 2.62 bits per heavy atom. The summed E-state index contributed by atoms with van der Waals surface area (Å²) in [7, 11) is 1.25. The summed E-state index contributed by atoms with van der Waals surface area (Å²) in [6.45, 7) is 10.3. The number of ether oxygens (including phenoxy) is 2. The third-order valence-electron chi connectivity index (χ3n) is 7.87. The number of allylic oxidation sites excluding steroid dienone is 1. The van der Waals surface area contributed by atoms with E-state index in [1.54, 1.807) is 6.07 Å². The van der Waals surface area contributed by atoms with Gasteiger partial charge in [0.05, 0.1) is 42.5 Å². The molecule has 0 amide bonds. The number of aromatic nitrogens is 1. The van der Waals surface area contributed by atoms with Gasteiger partial charge in [-0.3, -0.25) is 4.99 Å². The molecule has 224 valence electrons. The zero-order chi connectivity index (χ0) is 30.2. The van der Waals surface area contributed by atoms with Crippen LogP contribution in [0.3, 0.4) is 0 Å². The first-order valence-electron chi connectivity index (χ1n) is 13.8. The fourth-order valence-corrected chi connectivity index (χ4v) is 7.07. The summed E-state index contributed by atoms with van der Waals surface area (Å²) in [4.78, 5) is 19.2. The summed E-state index contributed by atoms with van der Waals surface area (Å²) in [6.07, 6.45) is 4.33. The number of likely N-dealkylation sites (tertiary alicyclic amines) is 1. The van der Waals surface area contributed by atoms with Gasteiger partial charge in [0.15, 0.2) is 16.6 Å². The molecule has 3 heterocycles. The van der Waals surface area contributed by atoms with Gasteiger partial charge >= 0.3 is 5.97 Å². The van der Waals surface area contributed by atoms with Gasteiger partial charge in [0.1, 0.15) is 11.5 Å². The number of carbonyl (C=O) groups is 1. The van der Waals surface area contributed by atoms with E-state index in [0.29, 0.717) is 43.8 Å². The van der Waals surface area contributed by atoms with Gasteiger partial charge in [-0.1, -0.05) is 47.2 Å². The first-order chi connectivity index (χ1) is 19.9. The predicted molar refractivity (Wildman–Crippen MR) is 161 cm³/mol. The van der Waals surface area contributed by atoms with E-state index in [1.807, 2.05) is 19.1 Å². The Kier molecular flexibility index (Phi) is 8.97. The number of thioether (sulfide) groups is 1. The van der Waals surface area contributed by atoms with Crippen molar-refractivity contribution in [2.45, 2.75) is 52.0 Å². The Morgan fingerprint density at radius 1 is 1.26 bits per heavy atom. The Labute approximate surface area is 253 Å². The lowest BCUT2D eigenvalue weighted by Crippen LogP contribution is -2.29. The summed E-state index contributed by atoms with van der Waals surface area (Å²) in [5.41, 5.74) is 1.06. The molecule has 3 aliphatic rings. The number of aliphatic imine (C=N–C) groups is 1. The lowest BCUT2D eigenvalue weighted by molar-refractivity contribution is -0.135. The summed E-state index contributed by atoms with van der Waals surface area (Å²) >= 11 is 7.84. The third kappa shape index (κ3) is 6.50. The standard InChI is InChI=1S/C31H34ClF2N3O4S/c1-17-7-6-8-25(32)26(17)27-24(28(41-36-27)31(3,4)34)16-40-23-11-20-14-37(15-21(20)12-23)30-35-13-22(33)10-19(29(38)39-5)9-18(2)42-30/h6-10,20-21,23H,2,11-16H2,1,3-5H3/b19-9+,22-10+,35-30?. The van der Waals surface area contributed by atoms with Gasteiger partial charge in [-0.05, 0) is 69.2 Å². The lowest BCUT2D eigenvalue weighted by atomic mass is 9.97. The number of rotatable bonds is 6. The molecule has 7 nitrogen and oxygen atoms in total. The highest BCUT2D eigenvalue weighted by Crippen LogP contribution is 2.43. The van der Waals surface area contributed by atoms with Crippen molar-refractivity contribution in [3.05, 3.63) is 75.1 Å². The van der Waals surface area contributed by atoms with Crippen LogP contribution in [0.25, 0.3) is 11.3 Å². The summed E-state index contributed by atoms with van der Waals surface area (Å²) in [5, 5.41) is 5.42. The largest absolute Gasteiger partial charge is 0.465 e. The van der Waals surface area contributed by atoms with Crippen molar-refractivity contribution in [2.24, 2.45) is 16.8 Å². The van der Waals surface area contributed by atoms with Crippen LogP contribution < -0.4 is 0 Å². The number of alkyl halides is 1. The first-order valence-corrected chi connectivity index (χ1v) is 15.0. The molecule has 0 radical (unpaired) electrons. The number of fused-ring (bicyclic) bond motifs is 1. The van der Waals surface area contributed by atoms with Crippen LogP contribution >= 0.6 is 23.4 Å². The molecule has 2 unspecified atom stereocenters. The number of esters is 1. The highest BCUT2D eigenvalue weighted by molar-refractivity contribution is 8.17. The van der Waals surface area contributed by atoms with Crippen molar-refractivity contribution in [2.75, 3.05) is 26.7 Å². The van der Waals surface area contributed by atoms with E-state index in [2.05, 4.69) is 21.6 Å². The Hall–Kier alpha value is -2.95. The zero-order valence-electron chi connectivity index (χ0n) is 24.1. The highest BCUT2D eigenvalue weighted by Gasteiger charge is 2.43. The van der Waals surface area contributed by atoms with Crippen molar-refractivity contribution in [1.29, 1.82) is 0 Å². The van der Waals surface area contributed by atoms with E-state index >= 15 is 4.39 Å². The van der Waals surface area contributed by atoms with Gasteiger partial charge in [0, 0.05) is 23.6 Å². The molecule has 0 N–H and O–H groups in total. The molecular weight excluding hydrogens is 584 g/mol. The maximum atomic E-state index is 15.1. The van der Waals surface area contributed by atoms with Crippen LogP contribution in [0.15, 0.2) is 62.8 Å². The number of halogens is 3. The van der Waals surface area contributed by atoms with Crippen LogP contribution in [-0.4, -0.2) is 54.0 Å². The van der Waals surface area contributed by atoms with Crippen LogP contribution in [0.1, 0.15) is 43.6 Å². The fourth-order valence-electron chi connectivity index (χ4n) is 5.93. The summed E-state index contributed by atoms with van der Waals surface area (Å²) in [5.74, 6) is -0.277. The topological polar surface area (TPSA) is 77.2 Å². The number of benzene rings is 1. The molecule has 1 saturated carbocycles. The second kappa shape index (κ2) is 12.3. The molecule has 42 heavy (non-hydrogen) atoms. The molecule has 0 bridgehead atoms. The van der Waals surface area contributed by atoms with Crippen molar-refractivity contribution in [3.63, 3.8) is 0 Å². The Balaban J connectivity index is 1.26. The summed E-state index contributed by atoms with van der Waals surface area (Å²) in [6, 6.07) is 5.57. The first kappa shape index (κ1) is 30.5. The van der Waals surface area contributed by atoms with Crippen LogP contribution in [-0.2, 0) is 26.5 Å². The molecule has 0 spiro atoms. The van der Waals surface area contributed by atoms with Crippen molar-refractivity contribution in [3.8, 4) is 11.3 Å². The lowest BCUT2D eigenvalue weighted by Gasteiger charge is -2.23. The molecule has 1 aromatic carbocycles. The van der Waals surface area contributed by atoms with Crippen molar-refractivity contribution < 1.29 is 27.6 Å². The molecular formula is C31H34ClF2N3O4S. The average molecular weight is 618 g/mol. The molecule has 1 aromatic heterocycles. The van der Waals surface area contributed by atoms with Crippen LogP contribution in [0.2, 0.25) is 5.02 Å². The van der Waals surface area contributed by atoms with Crippen molar-refractivity contribution >= 4 is 34.5 Å². The normalized spacial score (nSPS) is 25.5. The number of hydrogen-bond acceptors (Lipinski definition) is 8. The van der Waals surface area contributed by atoms with E-state index in [1.165, 1.54) is 38.8 Å². The minimum atomic E-state index is -1.74. The number of nitrogens with zero attached hydrogens (tertiary/aromatic N) is 3. The van der Waals surface area contributed by atoms with Gasteiger partial charge in [0.25, 0.3) is 0 Å². The molecule has 11 heteroatoms. The van der Waals surface area contributed by atoms with Gasteiger partial charge in [-0.25, -0.2) is 13.6 Å². The van der Waals surface area contributed by atoms with Crippen LogP contribution in [0.4, 0.5) is 8.78 Å². The number of amidine groups is 1. The van der Waals surface area contributed by atoms with Gasteiger partial charge in [0.2, 0.25) is 0 Å². The van der Waals surface area contributed by atoms with E-state index in [-0.39, 0.29) is 30.6 Å². The molecule has 2 fully saturated rings. The summed E-state index contributed by atoms with van der Waals surface area (Å²) < 4.78 is 46.3. The maximum Gasteiger partial charge on any atom is 0.337 e. The molecule has 2 aliphatic heterocycles. The SMILES string of the molecule is C=C1/C=C(C(=O)OC)\C=C(\F)CN=C(N2CC3CC(OCc4c(-c5c(C)cccc5Cl)noc4C(C)(C)F)CC3C2)S1. The van der Waals surface area contributed by atoms with E-state index in [0.717, 1.165) is 37.6 Å². The monoisotopic (exact) mass is 617 g/mol. The fraction of sp³-hybridized carbons (Fsp3) is 0.452. The van der Waals surface area contributed by atoms with E-state index in [9.17, 15) is 9.18 Å². The maximum absolute atomic E-state index is 15.1. The minimum Gasteiger partial charge on any atom is -0.465 e. The van der Waals surface area contributed by atoms with Crippen molar-refractivity contribution in [1.82, 2.24) is 10.1 Å². The molecule has 1 saturated heterocycles. The van der Waals surface area contributed by atoms with E-state index in [4.69, 9.17) is 25.6 Å². The van der Waals surface area contributed by atoms with Gasteiger partial charge in [-0.15, -0.1) is 0 Å². The third-order valence-corrected chi connectivity index (χ3v) is 9.13. The van der Waals surface area contributed by atoms with Crippen LogP contribution in [0, 0.1) is 18.8 Å². The number of carbonyl (C=O) groups excluding carboxylic acids is 1. The smallest absolute Gasteiger partial charge is 0.337 e. The van der Waals surface area contributed by atoms with Crippen LogP contribution in [0.5, 0.6) is 0 Å².